The van der Waals surface area contributed by atoms with E-state index in [1.54, 1.807) is 0 Å². The molecule has 2 rings (SSSR count). The summed E-state index contributed by atoms with van der Waals surface area (Å²) in [6.07, 6.45) is 0. The molecule has 0 atom stereocenters. The van der Waals surface area contributed by atoms with E-state index in [1.165, 1.54) is 17.5 Å². The van der Waals surface area contributed by atoms with Crippen molar-refractivity contribution >= 4 is 40.5 Å². The van der Waals surface area contributed by atoms with Gasteiger partial charge in [-0.3, -0.25) is 4.79 Å². The summed E-state index contributed by atoms with van der Waals surface area (Å²) in [5, 5.41) is 12.3. The molecular formula is C11H6ClFN2O3S. The van der Waals surface area contributed by atoms with Gasteiger partial charge in [0.1, 0.15) is 5.82 Å². The van der Waals surface area contributed by atoms with Crippen LogP contribution >= 0.6 is 22.9 Å². The minimum Gasteiger partial charge on any atom is -0.476 e. The molecule has 1 heterocycles. The normalized spacial score (nSPS) is 10.2. The van der Waals surface area contributed by atoms with Crippen molar-refractivity contribution in [3.63, 3.8) is 0 Å². The fourth-order valence-electron chi connectivity index (χ4n) is 1.23. The average Bonchev–Trinajstić information content (AvgIpc) is 2.83. The second-order valence-corrected chi connectivity index (χ2v) is 4.69. The van der Waals surface area contributed by atoms with Gasteiger partial charge in [0.05, 0.1) is 5.02 Å². The van der Waals surface area contributed by atoms with Crippen LogP contribution in [-0.2, 0) is 0 Å². The number of hydrogen-bond acceptors (Lipinski definition) is 4. The molecule has 98 valence electrons. The first-order valence-electron chi connectivity index (χ1n) is 4.92. The van der Waals surface area contributed by atoms with Crippen molar-refractivity contribution in [1.82, 2.24) is 4.98 Å². The molecule has 0 fully saturated rings. The maximum atomic E-state index is 12.9. The number of anilines is 1. The van der Waals surface area contributed by atoms with E-state index < -0.39 is 17.7 Å². The fraction of sp³-hybridized carbons (Fsp3) is 0. The first kappa shape index (κ1) is 13.4. The number of carbonyl (C=O) groups is 2. The number of rotatable bonds is 3. The van der Waals surface area contributed by atoms with E-state index >= 15 is 0 Å². The number of aromatic carboxylic acids is 1. The van der Waals surface area contributed by atoms with E-state index in [1.807, 2.05) is 0 Å². The summed E-state index contributed by atoms with van der Waals surface area (Å²) in [7, 11) is 0. The van der Waals surface area contributed by atoms with E-state index in [0.717, 1.165) is 17.4 Å². The van der Waals surface area contributed by atoms with E-state index in [0.29, 0.717) is 5.69 Å². The fourth-order valence-corrected chi connectivity index (χ4v) is 2.10. The lowest BCUT2D eigenvalue weighted by Crippen LogP contribution is -2.12. The summed E-state index contributed by atoms with van der Waals surface area (Å²) in [5.41, 5.74) is 0.0933. The third-order valence-electron chi connectivity index (χ3n) is 2.10. The van der Waals surface area contributed by atoms with Crippen LogP contribution in [0.3, 0.4) is 0 Å². The number of amides is 1. The Labute approximate surface area is 115 Å². The largest absolute Gasteiger partial charge is 0.476 e. The summed E-state index contributed by atoms with van der Waals surface area (Å²) in [6.45, 7) is 0. The number of nitrogens with one attached hydrogen (secondary N) is 1. The van der Waals surface area contributed by atoms with Crippen molar-refractivity contribution < 1.29 is 19.1 Å². The molecule has 0 saturated carbocycles. The van der Waals surface area contributed by atoms with Crippen LogP contribution in [0.4, 0.5) is 10.1 Å². The molecule has 0 radical (unpaired) electrons. The molecule has 0 unspecified atom stereocenters. The number of nitrogens with zero attached hydrogens (tertiary/aromatic N) is 1. The molecule has 0 aliphatic carbocycles. The van der Waals surface area contributed by atoms with Gasteiger partial charge >= 0.3 is 5.97 Å². The first-order chi connectivity index (χ1) is 8.97. The number of hydrogen-bond donors (Lipinski definition) is 2. The highest BCUT2D eigenvalue weighted by Crippen LogP contribution is 2.20. The molecule has 2 N–H and O–H groups in total. The Morgan fingerprint density at radius 3 is 2.74 bits per heavy atom. The second kappa shape index (κ2) is 5.33. The van der Waals surface area contributed by atoms with Crippen LogP contribution in [0.25, 0.3) is 0 Å². The van der Waals surface area contributed by atoms with Crippen molar-refractivity contribution in [2.45, 2.75) is 0 Å². The molecule has 0 bridgehead atoms. The van der Waals surface area contributed by atoms with Crippen LogP contribution < -0.4 is 5.32 Å². The summed E-state index contributed by atoms with van der Waals surface area (Å²) in [5.74, 6) is -2.39. The van der Waals surface area contributed by atoms with Crippen molar-refractivity contribution in [3.8, 4) is 0 Å². The number of thiazole rings is 1. The van der Waals surface area contributed by atoms with E-state index in [9.17, 15) is 14.0 Å². The first-order valence-corrected chi connectivity index (χ1v) is 6.18. The van der Waals surface area contributed by atoms with Crippen LogP contribution in [0, 0.1) is 5.82 Å². The third kappa shape index (κ3) is 3.07. The summed E-state index contributed by atoms with van der Waals surface area (Å²) in [4.78, 5) is 26.0. The number of aromatic nitrogens is 1. The van der Waals surface area contributed by atoms with E-state index in [4.69, 9.17) is 16.7 Å². The molecule has 1 aromatic heterocycles. The van der Waals surface area contributed by atoms with Crippen LogP contribution in [0.2, 0.25) is 5.02 Å². The molecule has 0 aliphatic rings. The molecule has 0 spiro atoms. The van der Waals surface area contributed by atoms with Crippen LogP contribution in [0.5, 0.6) is 0 Å². The molecule has 0 aliphatic heterocycles. The van der Waals surface area contributed by atoms with Crippen LogP contribution in [0.15, 0.2) is 23.6 Å². The smallest absolute Gasteiger partial charge is 0.355 e. The number of carboxylic acids is 1. The summed E-state index contributed by atoms with van der Waals surface area (Å²) in [6, 6.07) is 3.70. The van der Waals surface area contributed by atoms with Gasteiger partial charge in [0, 0.05) is 11.1 Å². The Balaban J connectivity index is 2.15. The lowest BCUT2D eigenvalue weighted by atomic mass is 10.3. The second-order valence-electron chi connectivity index (χ2n) is 3.43. The molecule has 1 amide bonds. The van der Waals surface area contributed by atoms with Gasteiger partial charge in [-0.05, 0) is 18.2 Å². The predicted molar refractivity (Wildman–Crippen MR) is 68.4 cm³/mol. The Morgan fingerprint density at radius 1 is 1.42 bits per heavy atom. The topological polar surface area (TPSA) is 79.3 Å². The predicted octanol–water partition coefficient (Wildman–Crippen LogP) is 2.89. The highest BCUT2D eigenvalue weighted by molar-refractivity contribution is 7.12. The number of halogens is 2. The third-order valence-corrected chi connectivity index (χ3v) is 3.23. The lowest BCUT2D eigenvalue weighted by molar-refractivity contribution is 0.0691. The standard InChI is InChI=1S/C11H6ClFN2O3S/c12-6-3-5(1-2-7(6)13)14-9(16)10-15-8(4-19-10)11(17)18/h1-4H,(H,14,16)(H,17,18). The zero-order chi connectivity index (χ0) is 14.0. The monoisotopic (exact) mass is 300 g/mol. The van der Waals surface area contributed by atoms with Gasteiger partial charge in [0.25, 0.3) is 5.91 Å². The van der Waals surface area contributed by atoms with Gasteiger partial charge in [0.2, 0.25) is 0 Å². The van der Waals surface area contributed by atoms with Crippen molar-refractivity contribution in [2.24, 2.45) is 0 Å². The van der Waals surface area contributed by atoms with Crippen molar-refractivity contribution in [3.05, 3.63) is 45.1 Å². The van der Waals surface area contributed by atoms with E-state index in [2.05, 4.69) is 10.3 Å². The molecule has 0 saturated heterocycles. The lowest BCUT2D eigenvalue weighted by Gasteiger charge is -2.03. The highest BCUT2D eigenvalue weighted by atomic mass is 35.5. The minimum absolute atomic E-state index is 0.00199. The van der Waals surface area contributed by atoms with Gasteiger partial charge in [0.15, 0.2) is 10.7 Å². The van der Waals surface area contributed by atoms with Crippen molar-refractivity contribution in [2.75, 3.05) is 5.32 Å². The van der Waals surface area contributed by atoms with Crippen molar-refractivity contribution in [1.29, 1.82) is 0 Å². The van der Waals surface area contributed by atoms with Gasteiger partial charge in [-0.1, -0.05) is 11.6 Å². The Hall–Kier alpha value is -1.99. The SMILES string of the molecule is O=C(O)c1csc(C(=O)Nc2ccc(F)c(Cl)c2)n1. The van der Waals surface area contributed by atoms with Gasteiger partial charge in [-0.2, -0.15) is 0 Å². The number of benzene rings is 1. The van der Waals surface area contributed by atoms with E-state index in [-0.39, 0.29) is 15.7 Å². The molecule has 1 aromatic carbocycles. The molecular weight excluding hydrogens is 295 g/mol. The molecule has 2 aromatic rings. The zero-order valence-corrected chi connectivity index (χ0v) is 10.8. The number of carbonyl (C=O) groups excluding carboxylic acids is 1. The zero-order valence-electron chi connectivity index (χ0n) is 9.18. The highest BCUT2D eigenvalue weighted by Gasteiger charge is 2.15. The van der Waals surface area contributed by atoms with Gasteiger partial charge in [-0.15, -0.1) is 11.3 Å². The van der Waals surface area contributed by atoms with Crippen LogP contribution in [-0.4, -0.2) is 22.0 Å². The Bertz CT molecular complexity index is 659. The van der Waals surface area contributed by atoms with Gasteiger partial charge < -0.3 is 10.4 Å². The maximum absolute atomic E-state index is 12.9. The van der Waals surface area contributed by atoms with Crippen LogP contribution in [0.1, 0.15) is 20.3 Å². The average molecular weight is 301 g/mol. The summed E-state index contributed by atoms with van der Waals surface area (Å²) < 4.78 is 12.9. The summed E-state index contributed by atoms with van der Waals surface area (Å²) >= 11 is 6.47. The Kier molecular flexibility index (Phi) is 3.77. The molecule has 8 heteroatoms. The van der Waals surface area contributed by atoms with Gasteiger partial charge in [-0.25, -0.2) is 14.2 Å². The Morgan fingerprint density at radius 2 is 2.16 bits per heavy atom. The minimum atomic E-state index is -1.21. The quantitative estimate of drug-likeness (QED) is 0.913. The number of carboxylic acid groups (broad SMARTS) is 1. The molecule has 5 nitrogen and oxygen atoms in total. The molecule has 19 heavy (non-hydrogen) atoms. The maximum Gasteiger partial charge on any atom is 0.355 e.